The quantitative estimate of drug-likeness (QED) is 0.802. The molecular formula is C17H17ClN2O. The molecule has 2 aromatic carbocycles. The number of aliphatic hydroxyl groups excluding tert-OH is 1. The van der Waals surface area contributed by atoms with Gasteiger partial charge >= 0.3 is 0 Å². The molecule has 0 aliphatic carbocycles. The Balaban J connectivity index is 1.79. The zero-order chi connectivity index (χ0) is 14.8. The average Bonchev–Trinajstić information content (AvgIpc) is 2.76. The molecule has 3 rings (SSSR count). The summed E-state index contributed by atoms with van der Waals surface area (Å²) in [6, 6.07) is 15.7. The zero-order valence-electron chi connectivity index (χ0n) is 11.8. The molecule has 0 amide bonds. The topological polar surface area (TPSA) is 38.0 Å². The summed E-state index contributed by atoms with van der Waals surface area (Å²) in [6.07, 6.45) is 0.640. The van der Waals surface area contributed by atoms with Crippen LogP contribution >= 0.6 is 11.6 Å². The maximum absolute atomic E-state index is 10.3. The van der Waals surface area contributed by atoms with Crippen molar-refractivity contribution in [1.82, 2.24) is 9.78 Å². The van der Waals surface area contributed by atoms with E-state index in [1.165, 1.54) is 0 Å². The molecule has 108 valence electrons. The fraction of sp³-hybridized carbons (Fsp3) is 0.235. The van der Waals surface area contributed by atoms with Crippen LogP contribution in [0, 0.1) is 0 Å². The van der Waals surface area contributed by atoms with E-state index in [0.29, 0.717) is 17.9 Å². The van der Waals surface area contributed by atoms with Crippen molar-refractivity contribution in [2.24, 2.45) is 7.05 Å². The van der Waals surface area contributed by atoms with Crippen LogP contribution in [0.5, 0.6) is 0 Å². The van der Waals surface area contributed by atoms with Crippen LogP contribution in [0.15, 0.2) is 48.5 Å². The lowest BCUT2D eigenvalue weighted by Crippen LogP contribution is -2.14. The molecule has 4 heteroatoms. The number of halogens is 1. The Morgan fingerprint density at radius 1 is 1.14 bits per heavy atom. The van der Waals surface area contributed by atoms with Gasteiger partial charge in [-0.15, -0.1) is 0 Å². The summed E-state index contributed by atoms with van der Waals surface area (Å²) >= 11 is 5.97. The smallest absolute Gasteiger partial charge is 0.0729 e. The van der Waals surface area contributed by atoms with Gasteiger partial charge in [0.15, 0.2) is 0 Å². The highest BCUT2D eigenvalue weighted by atomic mass is 35.5. The number of aromatic nitrogens is 2. The first kappa shape index (κ1) is 14.1. The molecule has 21 heavy (non-hydrogen) atoms. The Kier molecular flexibility index (Phi) is 3.95. The Morgan fingerprint density at radius 3 is 2.76 bits per heavy atom. The van der Waals surface area contributed by atoms with Crippen LogP contribution < -0.4 is 0 Å². The van der Waals surface area contributed by atoms with E-state index in [9.17, 15) is 5.11 Å². The molecule has 0 radical (unpaired) electrons. The van der Waals surface area contributed by atoms with Crippen molar-refractivity contribution >= 4 is 22.5 Å². The lowest BCUT2D eigenvalue weighted by Gasteiger charge is -2.09. The lowest BCUT2D eigenvalue weighted by atomic mass is 10.0. The maximum atomic E-state index is 10.3. The van der Waals surface area contributed by atoms with Gasteiger partial charge in [0.25, 0.3) is 0 Å². The molecule has 3 aromatic rings. The minimum atomic E-state index is -0.471. The highest BCUT2D eigenvalue weighted by Gasteiger charge is 2.13. The lowest BCUT2D eigenvalue weighted by molar-refractivity contribution is 0.174. The van der Waals surface area contributed by atoms with Crippen molar-refractivity contribution in [2.75, 3.05) is 0 Å². The third-order valence-corrected chi connectivity index (χ3v) is 3.86. The molecule has 0 spiro atoms. The van der Waals surface area contributed by atoms with Crippen LogP contribution in [-0.4, -0.2) is 21.0 Å². The number of para-hydroxylation sites is 1. The van der Waals surface area contributed by atoms with E-state index in [-0.39, 0.29) is 0 Å². The van der Waals surface area contributed by atoms with Crippen molar-refractivity contribution in [2.45, 2.75) is 18.9 Å². The minimum Gasteiger partial charge on any atom is -0.392 e. The number of aliphatic hydroxyl groups is 1. The van der Waals surface area contributed by atoms with Gasteiger partial charge in [0, 0.05) is 23.9 Å². The van der Waals surface area contributed by atoms with E-state index in [1.54, 1.807) is 0 Å². The van der Waals surface area contributed by atoms with E-state index in [2.05, 4.69) is 5.10 Å². The number of hydrogen-bond donors (Lipinski definition) is 1. The van der Waals surface area contributed by atoms with Gasteiger partial charge in [0.2, 0.25) is 0 Å². The molecule has 1 N–H and O–H groups in total. The highest BCUT2D eigenvalue weighted by Crippen LogP contribution is 2.20. The van der Waals surface area contributed by atoms with Crippen molar-refractivity contribution in [3.8, 4) is 0 Å². The first-order valence-corrected chi connectivity index (χ1v) is 7.34. The zero-order valence-corrected chi connectivity index (χ0v) is 12.6. The Bertz CT molecular complexity index is 766. The van der Waals surface area contributed by atoms with Crippen molar-refractivity contribution in [3.05, 3.63) is 64.8 Å². The predicted octanol–water partition coefficient (Wildman–Crippen LogP) is 3.37. The van der Waals surface area contributed by atoms with Gasteiger partial charge in [-0.25, -0.2) is 0 Å². The summed E-state index contributed by atoms with van der Waals surface area (Å²) in [7, 11) is 1.93. The normalized spacial score (nSPS) is 12.7. The third-order valence-electron chi connectivity index (χ3n) is 3.62. The first-order valence-electron chi connectivity index (χ1n) is 6.96. The van der Waals surface area contributed by atoms with Gasteiger partial charge in [0.1, 0.15) is 0 Å². The molecule has 3 nitrogen and oxygen atoms in total. The summed E-state index contributed by atoms with van der Waals surface area (Å²) < 4.78 is 1.86. The number of benzene rings is 2. The molecule has 1 aromatic heterocycles. The average molecular weight is 301 g/mol. The summed E-state index contributed by atoms with van der Waals surface area (Å²) in [5, 5.41) is 16.6. The van der Waals surface area contributed by atoms with Crippen molar-refractivity contribution in [1.29, 1.82) is 0 Å². The summed E-state index contributed by atoms with van der Waals surface area (Å²) in [5.74, 6) is 0. The van der Waals surface area contributed by atoms with Gasteiger partial charge in [-0.1, -0.05) is 41.9 Å². The molecule has 0 aliphatic heterocycles. The second kappa shape index (κ2) is 5.88. The Labute approximate surface area is 128 Å². The van der Waals surface area contributed by atoms with Crippen LogP contribution in [0.25, 0.3) is 10.9 Å². The van der Waals surface area contributed by atoms with Crippen molar-refractivity contribution in [3.63, 3.8) is 0 Å². The van der Waals surface area contributed by atoms with Crippen LogP contribution in [0.3, 0.4) is 0 Å². The van der Waals surface area contributed by atoms with Gasteiger partial charge in [-0.05, 0) is 30.2 Å². The predicted molar refractivity (Wildman–Crippen MR) is 85.6 cm³/mol. The SMILES string of the molecule is Cn1nc(CC(O)Cc2cccc(Cl)c2)c2ccccc21. The molecule has 0 bridgehead atoms. The molecule has 0 saturated heterocycles. The van der Waals surface area contributed by atoms with Crippen LogP contribution in [-0.2, 0) is 19.9 Å². The number of hydrogen-bond acceptors (Lipinski definition) is 2. The molecule has 1 unspecified atom stereocenters. The van der Waals surface area contributed by atoms with E-state index < -0.39 is 6.10 Å². The van der Waals surface area contributed by atoms with Crippen LogP contribution in [0.4, 0.5) is 0 Å². The first-order chi connectivity index (χ1) is 10.1. The highest BCUT2D eigenvalue weighted by molar-refractivity contribution is 6.30. The Morgan fingerprint density at radius 2 is 1.95 bits per heavy atom. The molecular weight excluding hydrogens is 284 g/mol. The maximum Gasteiger partial charge on any atom is 0.0729 e. The summed E-state index contributed by atoms with van der Waals surface area (Å²) in [6.45, 7) is 0. The number of nitrogens with zero attached hydrogens (tertiary/aromatic N) is 2. The summed E-state index contributed by atoms with van der Waals surface area (Å²) in [5.41, 5.74) is 3.06. The van der Waals surface area contributed by atoms with E-state index in [4.69, 9.17) is 11.6 Å². The minimum absolute atomic E-state index is 0.471. The number of rotatable bonds is 4. The fourth-order valence-electron chi connectivity index (χ4n) is 2.67. The monoisotopic (exact) mass is 300 g/mol. The molecule has 0 aliphatic rings. The third kappa shape index (κ3) is 3.09. The molecule has 0 fully saturated rings. The van der Waals surface area contributed by atoms with Gasteiger partial charge in [-0.3, -0.25) is 4.68 Å². The van der Waals surface area contributed by atoms with Gasteiger partial charge in [0.05, 0.1) is 17.3 Å². The van der Waals surface area contributed by atoms with E-state index in [0.717, 1.165) is 22.2 Å². The Hall–Kier alpha value is -1.84. The van der Waals surface area contributed by atoms with Crippen LogP contribution in [0.2, 0.25) is 5.02 Å². The second-order valence-corrected chi connectivity index (χ2v) is 5.72. The molecule has 1 atom stereocenters. The van der Waals surface area contributed by atoms with Crippen LogP contribution in [0.1, 0.15) is 11.3 Å². The number of fused-ring (bicyclic) bond motifs is 1. The van der Waals surface area contributed by atoms with Gasteiger partial charge < -0.3 is 5.11 Å². The largest absolute Gasteiger partial charge is 0.392 e. The van der Waals surface area contributed by atoms with E-state index in [1.807, 2.05) is 60.3 Å². The standard InChI is InChI=1S/C17H17ClN2O/c1-20-17-8-3-2-7-15(17)16(19-20)11-14(21)10-12-5-4-6-13(18)9-12/h2-9,14,21H,10-11H2,1H3. The van der Waals surface area contributed by atoms with Crippen molar-refractivity contribution < 1.29 is 5.11 Å². The molecule has 0 saturated carbocycles. The number of aryl methyl sites for hydroxylation is 1. The molecule has 1 heterocycles. The fourth-order valence-corrected chi connectivity index (χ4v) is 2.88. The van der Waals surface area contributed by atoms with Gasteiger partial charge in [-0.2, -0.15) is 5.10 Å². The summed E-state index contributed by atoms with van der Waals surface area (Å²) in [4.78, 5) is 0. The second-order valence-electron chi connectivity index (χ2n) is 5.28. The van der Waals surface area contributed by atoms with E-state index >= 15 is 0 Å².